The van der Waals surface area contributed by atoms with Crippen molar-refractivity contribution < 1.29 is 27.5 Å². The molecule has 0 spiro atoms. The highest BCUT2D eigenvalue weighted by Crippen LogP contribution is 2.34. The van der Waals surface area contributed by atoms with Crippen molar-refractivity contribution in [2.45, 2.75) is 32.9 Å². The molecule has 1 N–H and O–H groups in total. The Balaban J connectivity index is 1.84. The number of hydrogen-bond donors (Lipinski definition) is 1. The molecule has 2 rings (SSSR count). The maximum absolute atomic E-state index is 13.0. The molecule has 0 saturated carbocycles. The van der Waals surface area contributed by atoms with Gasteiger partial charge in [-0.2, -0.15) is 13.2 Å². The van der Waals surface area contributed by atoms with Crippen LogP contribution in [0.15, 0.2) is 48.5 Å². The smallest absolute Gasteiger partial charge is 0.418 e. The average molecular weight is 422 g/mol. The van der Waals surface area contributed by atoms with Gasteiger partial charge in [-0.1, -0.05) is 24.3 Å². The van der Waals surface area contributed by atoms with E-state index in [4.69, 9.17) is 4.74 Å². The van der Waals surface area contributed by atoms with E-state index in [0.717, 1.165) is 17.4 Å². The van der Waals surface area contributed by atoms with Crippen LogP contribution in [0.3, 0.4) is 0 Å². The van der Waals surface area contributed by atoms with Crippen molar-refractivity contribution in [1.82, 2.24) is 4.90 Å². The molecule has 0 aliphatic rings. The summed E-state index contributed by atoms with van der Waals surface area (Å²) in [7, 11) is 0. The molecule has 0 aliphatic heterocycles. The Morgan fingerprint density at radius 3 is 2.50 bits per heavy atom. The molecule has 0 aromatic heterocycles. The van der Waals surface area contributed by atoms with Crippen molar-refractivity contribution in [2.24, 2.45) is 0 Å². The molecule has 0 unspecified atom stereocenters. The first-order valence-corrected chi connectivity index (χ1v) is 9.64. The van der Waals surface area contributed by atoms with Crippen LogP contribution in [0.4, 0.5) is 18.9 Å². The lowest BCUT2D eigenvalue weighted by molar-refractivity contribution is -0.137. The first kappa shape index (κ1) is 23.3. The minimum Gasteiger partial charge on any atom is -0.494 e. The number of alkyl halides is 3. The second-order valence-corrected chi connectivity index (χ2v) is 6.77. The van der Waals surface area contributed by atoms with Crippen LogP contribution in [0.2, 0.25) is 0 Å². The van der Waals surface area contributed by atoms with Crippen molar-refractivity contribution in [1.29, 1.82) is 0 Å². The van der Waals surface area contributed by atoms with Crippen LogP contribution in [0.25, 0.3) is 0 Å². The maximum atomic E-state index is 13.0. The van der Waals surface area contributed by atoms with E-state index < -0.39 is 17.6 Å². The van der Waals surface area contributed by atoms with E-state index in [2.05, 4.69) is 5.32 Å². The number of likely N-dealkylation sites (N-methyl/N-ethyl adjacent to an activating group) is 1. The van der Waals surface area contributed by atoms with Crippen LogP contribution < -0.4 is 10.1 Å². The molecule has 5 nitrogen and oxygen atoms in total. The summed E-state index contributed by atoms with van der Waals surface area (Å²) in [5.74, 6) is -0.222. The summed E-state index contributed by atoms with van der Waals surface area (Å²) in [6.07, 6.45) is -3.95. The van der Waals surface area contributed by atoms with Gasteiger partial charge in [-0.25, -0.2) is 0 Å². The van der Waals surface area contributed by atoms with Gasteiger partial charge in [0.25, 0.3) is 0 Å². The fourth-order valence-corrected chi connectivity index (χ4v) is 2.86. The molecular formula is C22H25F3N2O3. The molecule has 0 atom stereocenters. The monoisotopic (exact) mass is 422 g/mol. The van der Waals surface area contributed by atoms with Crippen LogP contribution in [-0.4, -0.2) is 36.4 Å². The van der Waals surface area contributed by atoms with Crippen LogP contribution >= 0.6 is 0 Å². The Kier molecular flexibility index (Phi) is 8.26. The standard InChI is InChI=1S/C22H25F3N2O3/c1-3-27(21(29)12-7-13-30-17-9-6-8-16(2)14-17)15-20(28)26-19-11-5-4-10-18(19)22(23,24)25/h4-6,8-11,14H,3,7,12-13,15H2,1-2H3,(H,26,28). The first-order chi connectivity index (χ1) is 14.2. The molecule has 0 fully saturated rings. The summed E-state index contributed by atoms with van der Waals surface area (Å²) in [6, 6.07) is 12.3. The van der Waals surface area contributed by atoms with Crippen LogP contribution in [0.1, 0.15) is 30.9 Å². The lowest BCUT2D eigenvalue weighted by Crippen LogP contribution is -2.38. The third-order valence-electron chi connectivity index (χ3n) is 4.37. The normalized spacial score (nSPS) is 11.1. The highest BCUT2D eigenvalue weighted by molar-refractivity contribution is 5.95. The molecule has 0 saturated heterocycles. The molecule has 0 heterocycles. The number of nitrogens with zero attached hydrogens (tertiary/aromatic N) is 1. The molecule has 2 amide bonds. The molecule has 0 radical (unpaired) electrons. The average Bonchev–Trinajstić information content (AvgIpc) is 2.69. The number of para-hydroxylation sites is 1. The molecule has 2 aromatic carbocycles. The number of benzene rings is 2. The van der Waals surface area contributed by atoms with Crippen molar-refractivity contribution in [3.8, 4) is 5.75 Å². The first-order valence-electron chi connectivity index (χ1n) is 9.64. The SMILES string of the molecule is CCN(CC(=O)Nc1ccccc1C(F)(F)F)C(=O)CCCOc1cccc(C)c1. The van der Waals surface area contributed by atoms with Gasteiger partial charge in [0.05, 0.1) is 24.4 Å². The van der Waals surface area contributed by atoms with Crippen molar-refractivity contribution in [3.63, 3.8) is 0 Å². The number of carbonyl (C=O) groups is 2. The zero-order valence-corrected chi connectivity index (χ0v) is 17.0. The van der Waals surface area contributed by atoms with E-state index in [-0.39, 0.29) is 31.1 Å². The fourth-order valence-electron chi connectivity index (χ4n) is 2.86. The van der Waals surface area contributed by atoms with Crippen LogP contribution in [0, 0.1) is 6.92 Å². The molecule has 0 aliphatic carbocycles. The number of anilines is 1. The summed E-state index contributed by atoms with van der Waals surface area (Å²) >= 11 is 0. The third kappa shape index (κ3) is 7.09. The zero-order valence-electron chi connectivity index (χ0n) is 17.0. The summed E-state index contributed by atoms with van der Waals surface area (Å²) in [5.41, 5.74) is -0.190. The van der Waals surface area contributed by atoms with Gasteiger partial charge in [0.1, 0.15) is 5.75 Å². The maximum Gasteiger partial charge on any atom is 0.418 e. The minimum atomic E-state index is -4.58. The number of rotatable bonds is 9. The number of aryl methyl sites for hydroxylation is 1. The number of amides is 2. The molecular weight excluding hydrogens is 397 g/mol. The topological polar surface area (TPSA) is 58.6 Å². The van der Waals surface area contributed by atoms with Gasteiger partial charge in [0, 0.05) is 13.0 Å². The predicted molar refractivity (Wildman–Crippen MR) is 108 cm³/mol. The Labute approximate surface area is 173 Å². The van der Waals surface area contributed by atoms with E-state index >= 15 is 0 Å². The molecule has 8 heteroatoms. The number of nitrogens with one attached hydrogen (secondary N) is 1. The molecule has 162 valence electrons. The van der Waals surface area contributed by atoms with Gasteiger partial charge >= 0.3 is 6.18 Å². The van der Waals surface area contributed by atoms with Gasteiger partial charge in [-0.05, 0) is 50.1 Å². The number of ether oxygens (including phenoxy) is 1. The summed E-state index contributed by atoms with van der Waals surface area (Å²) in [6.45, 7) is 3.95. The lowest BCUT2D eigenvalue weighted by Gasteiger charge is -2.21. The van der Waals surface area contributed by atoms with Gasteiger partial charge in [-0.15, -0.1) is 0 Å². The molecule has 0 bridgehead atoms. The minimum absolute atomic E-state index is 0.173. The van der Waals surface area contributed by atoms with Crippen LogP contribution in [-0.2, 0) is 15.8 Å². The molecule has 30 heavy (non-hydrogen) atoms. The van der Waals surface area contributed by atoms with Gasteiger partial charge in [-0.3, -0.25) is 9.59 Å². The van der Waals surface area contributed by atoms with Crippen molar-refractivity contribution >= 4 is 17.5 Å². The van der Waals surface area contributed by atoms with E-state index in [9.17, 15) is 22.8 Å². The fraction of sp³-hybridized carbons (Fsp3) is 0.364. The summed E-state index contributed by atoms with van der Waals surface area (Å²) < 4.78 is 44.7. The Hall–Kier alpha value is -3.03. The largest absolute Gasteiger partial charge is 0.494 e. The van der Waals surface area contributed by atoms with Crippen molar-refractivity contribution in [3.05, 3.63) is 59.7 Å². The highest BCUT2D eigenvalue weighted by Gasteiger charge is 2.33. The van der Waals surface area contributed by atoms with E-state index in [1.807, 2.05) is 31.2 Å². The van der Waals surface area contributed by atoms with Gasteiger partial charge in [0.2, 0.25) is 11.8 Å². The van der Waals surface area contributed by atoms with Gasteiger partial charge in [0.15, 0.2) is 0 Å². The van der Waals surface area contributed by atoms with Crippen LogP contribution in [0.5, 0.6) is 5.75 Å². The number of carbonyl (C=O) groups excluding carboxylic acids is 2. The summed E-state index contributed by atoms with van der Waals surface area (Å²) in [5, 5.41) is 2.25. The quantitative estimate of drug-likeness (QED) is 0.598. The highest BCUT2D eigenvalue weighted by atomic mass is 19.4. The molecule has 2 aromatic rings. The predicted octanol–water partition coefficient (Wildman–Crippen LogP) is 4.66. The van der Waals surface area contributed by atoms with E-state index in [1.165, 1.54) is 23.1 Å². The number of hydrogen-bond acceptors (Lipinski definition) is 3. The number of halogens is 3. The second-order valence-electron chi connectivity index (χ2n) is 6.77. The lowest BCUT2D eigenvalue weighted by atomic mass is 10.1. The zero-order chi connectivity index (χ0) is 22.1. The summed E-state index contributed by atoms with van der Waals surface area (Å²) in [4.78, 5) is 25.9. The Morgan fingerprint density at radius 2 is 1.83 bits per heavy atom. The second kappa shape index (κ2) is 10.7. The third-order valence-corrected chi connectivity index (χ3v) is 4.37. The van der Waals surface area contributed by atoms with E-state index in [1.54, 1.807) is 6.92 Å². The Morgan fingerprint density at radius 1 is 1.10 bits per heavy atom. The van der Waals surface area contributed by atoms with E-state index in [0.29, 0.717) is 13.0 Å². The van der Waals surface area contributed by atoms with Crippen molar-refractivity contribution in [2.75, 3.05) is 25.0 Å². The Bertz CT molecular complexity index is 869. The van der Waals surface area contributed by atoms with Gasteiger partial charge < -0.3 is 15.0 Å².